The maximum absolute atomic E-state index is 10.8. The lowest BCUT2D eigenvalue weighted by Gasteiger charge is -2.14. The Balaban J connectivity index is 0.000000494. The number of hydrogen-bond donors (Lipinski definition) is 0. The molecule has 0 heterocycles. The molecule has 0 aliphatic carbocycles. The molecule has 0 saturated heterocycles. The van der Waals surface area contributed by atoms with Crippen LogP contribution in [0, 0.1) is 20.8 Å². The minimum absolute atomic E-state index is 0.0851. The molecule has 104 valence electrons. The van der Waals surface area contributed by atoms with E-state index in [1.54, 1.807) is 44.7 Å². The molecule has 0 unspecified atom stereocenters. The van der Waals surface area contributed by atoms with Crippen molar-refractivity contribution in [1.82, 2.24) is 0 Å². The van der Waals surface area contributed by atoms with E-state index in [0.717, 1.165) is 5.56 Å². The van der Waals surface area contributed by atoms with E-state index in [-0.39, 0.29) is 4.90 Å². The molecular weight excluding hydrogens is 272 g/mol. The summed E-state index contributed by atoms with van der Waals surface area (Å²) in [5.41, 5.74) is 2.00. The van der Waals surface area contributed by atoms with E-state index in [4.69, 9.17) is 0 Å². The average Bonchev–Trinajstić information content (AvgIpc) is 1.93. The molecule has 0 amide bonds. The number of aryl methyl sites for hydroxylation is 3. The summed E-state index contributed by atoms with van der Waals surface area (Å²) in [5.74, 6) is 0. The third kappa shape index (κ3) is 6.88. The lowest BCUT2D eigenvalue weighted by molar-refractivity contribution is 0.462. The van der Waals surface area contributed by atoms with Crippen LogP contribution in [0.3, 0.4) is 0 Å². The fourth-order valence-electron chi connectivity index (χ4n) is 1.56. The zero-order valence-corrected chi connectivity index (χ0v) is 13.2. The number of rotatable bonds is 1. The van der Waals surface area contributed by atoms with E-state index >= 15 is 0 Å². The molecule has 4 nitrogen and oxygen atoms in total. The van der Waals surface area contributed by atoms with Gasteiger partial charge in [-0.15, -0.1) is 4.21 Å². The third-order valence-electron chi connectivity index (χ3n) is 1.85. The van der Waals surface area contributed by atoms with Crippen molar-refractivity contribution in [3.8, 4) is 0 Å². The van der Waals surface area contributed by atoms with Crippen molar-refractivity contribution in [2.75, 3.05) is 18.8 Å². The molecule has 18 heavy (non-hydrogen) atoms. The molecule has 1 aromatic rings. The van der Waals surface area contributed by atoms with Crippen molar-refractivity contribution in [1.29, 1.82) is 0 Å². The van der Waals surface area contributed by atoms with E-state index in [1.165, 1.54) is 0 Å². The second kappa shape index (κ2) is 5.95. The van der Waals surface area contributed by atoms with Gasteiger partial charge >= 0.3 is 0 Å². The minimum Gasteiger partial charge on any atom is -0.744 e. The second-order valence-corrected chi connectivity index (χ2v) is 9.67. The fraction of sp³-hybridized carbons (Fsp3) is 0.500. The Kier molecular flexibility index (Phi) is 5.71. The summed E-state index contributed by atoms with van der Waals surface area (Å²) in [6.45, 7) is 5.12. The first-order valence-corrected chi connectivity index (χ1v) is 9.44. The van der Waals surface area contributed by atoms with Gasteiger partial charge in [0, 0.05) is 0 Å². The van der Waals surface area contributed by atoms with Crippen molar-refractivity contribution < 1.29 is 17.2 Å². The average molecular weight is 292 g/mol. The highest BCUT2D eigenvalue weighted by atomic mass is 32.2. The van der Waals surface area contributed by atoms with Gasteiger partial charge in [-0.05, 0) is 31.9 Å². The Morgan fingerprint density at radius 1 is 1.00 bits per heavy atom. The predicted octanol–water partition coefficient (Wildman–Crippen LogP) is 1.89. The summed E-state index contributed by atoms with van der Waals surface area (Å²) >= 11 is 0. The number of hydrogen-bond acceptors (Lipinski definition) is 4. The Bertz CT molecular complexity index is 536. The summed E-state index contributed by atoms with van der Waals surface area (Å²) < 4.78 is 42.7. The van der Waals surface area contributed by atoms with Gasteiger partial charge in [-0.25, -0.2) is 8.42 Å². The first kappa shape index (κ1) is 17.3. The van der Waals surface area contributed by atoms with E-state index in [0.29, 0.717) is 11.1 Å². The largest absolute Gasteiger partial charge is 0.744 e. The van der Waals surface area contributed by atoms with E-state index in [9.17, 15) is 17.2 Å². The quantitative estimate of drug-likeness (QED) is 0.585. The van der Waals surface area contributed by atoms with Crippen LogP contribution in [-0.4, -0.2) is 31.7 Å². The lowest BCUT2D eigenvalue weighted by atomic mass is 10.1. The van der Waals surface area contributed by atoms with Crippen LogP contribution >= 0.6 is 0 Å². The van der Waals surface area contributed by atoms with Crippen LogP contribution in [-0.2, 0) is 24.3 Å². The lowest BCUT2D eigenvalue weighted by Crippen LogP contribution is -2.04. The fourth-order valence-corrected chi connectivity index (χ4v) is 2.47. The van der Waals surface area contributed by atoms with Crippen LogP contribution in [0.4, 0.5) is 0 Å². The molecule has 0 bridgehead atoms. The molecule has 0 atom stereocenters. The first-order chi connectivity index (χ1) is 7.82. The monoisotopic (exact) mass is 292 g/mol. The second-order valence-electron chi connectivity index (χ2n) is 4.91. The molecule has 0 N–H and O–H groups in total. The Hall–Kier alpha value is -0.720. The Labute approximate surface area is 111 Å². The molecule has 0 aliphatic rings. The summed E-state index contributed by atoms with van der Waals surface area (Å²) in [5, 5.41) is 0. The van der Waals surface area contributed by atoms with Crippen molar-refractivity contribution in [2.24, 2.45) is 0 Å². The highest BCUT2D eigenvalue weighted by molar-refractivity contribution is 8.00. The van der Waals surface area contributed by atoms with Gasteiger partial charge in [0.2, 0.25) is 0 Å². The predicted molar refractivity (Wildman–Crippen MR) is 74.4 cm³/mol. The van der Waals surface area contributed by atoms with Gasteiger partial charge in [-0.3, -0.25) is 0 Å². The van der Waals surface area contributed by atoms with Crippen LogP contribution in [0.1, 0.15) is 16.7 Å². The van der Waals surface area contributed by atoms with Crippen LogP contribution in [0.2, 0.25) is 0 Å². The van der Waals surface area contributed by atoms with Crippen molar-refractivity contribution >= 4 is 20.1 Å². The van der Waals surface area contributed by atoms with E-state index < -0.39 is 20.1 Å². The maximum Gasteiger partial charge on any atom is 0.124 e. The van der Waals surface area contributed by atoms with Crippen molar-refractivity contribution in [3.63, 3.8) is 0 Å². The van der Waals surface area contributed by atoms with Crippen LogP contribution in [0.15, 0.2) is 17.0 Å². The van der Waals surface area contributed by atoms with Crippen LogP contribution in [0.5, 0.6) is 0 Å². The Morgan fingerprint density at radius 3 is 1.50 bits per heavy atom. The van der Waals surface area contributed by atoms with Gasteiger partial charge in [-0.1, -0.05) is 17.7 Å². The minimum atomic E-state index is -4.33. The van der Waals surface area contributed by atoms with E-state index in [2.05, 4.69) is 0 Å². The molecule has 1 rings (SSSR count). The first-order valence-electron chi connectivity index (χ1n) is 5.25. The standard InChI is InChI=1S/C9H12O3S.C3H9OS/c1-6-4-7(2)9(8(3)5-6)13(10,11)12;1-5(2,3)4/h4-5H,1-3H3,(H,10,11,12);1-3H3/q;+1/p-1. The third-order valence-corrected chi connectivity index (χ3v) is 3.00. The topological polar surface area (TPSA) is 74.3 Å². The van der Waals surface area contributed by atoms with Gasteiger partial charge in [0.25, 0.3) is 0 Å². The molecule has 0 aliphatic heterocycles. The molecule has 6 heteroatoms. The zero-order chi connectivity index (χ0) is 14.7. The highest BCUT2D eigenvalue weighted by Gasteiger charge is 2.09. The summed E-state index contributed by atoms with van der Waals surface area (Å²) in [6.07, 6.45) is 5.15. The normalized spacial score (nSPS) is 11.7. The number of benzene rings is 1. The Morgan fingerprint density at radius 2 is 1.28 bits per heavy atom. The SMILES string of the molecule is C[S+](C)(C)=O.Cc1cc(C)c(S(=O)(=O)[O-])c(C)c1. The molecule has 0 radical (unpaired) electrons. The molecule has 0 fully saturated rings. The summed E-state index contributed by atoms with van der Waals surface area (Å²) in [6, 6.07) is 3.38. The van der Waals surface area contributed by atoms with Gasteiger partial charge in [0.05, 0.1) is 14.8 Å². The van der Waals surface area contributed by atoms with Gasteiger partial charge in [0.15, 0.2) is 0 Å². The van der Waals surface area contributed by atoms with Gasteiger partial charge < -0.3 is 4.55 Å². The van der Waals surface area contributed by atoms with Crippen LogP contribution < -0.4 is 0 Å². The molecule has 0 saturated carbocycles. The summed E-state index contributed by atoms with van der Waals surface area (Å²) in [7, 11) is -5.75. The van der Waals surface area contributed by atoms with Crippen LogP contribution in [0.25, 0.3) is 0 Å². The highest BCUT2D eigenvalue weighted by Crippen LogP contribution is 2.20. The van der Waals surface area contributed by atoms with E-state index in [1.807, 2.05) is 6.92 Å². The molecule has 0 spiro atoms. The van der Waals surface area contributed by atoms with Crippen molar-refractivity contribution in [3.05, 3.63) is 28.8 Å². The maximum atomic E-state index is 10.8. The molecule has 1 aromatic carbocycles. The smallest absolute Gasteiger partial charge is 0.124 e. The van der Waals surface area contributed by atoms with Gasteiger partial charge in [0.1, 0.15) is 28.9 Å². The zero-order valence-electron chi connectivity index (χ0n) is 11.6. The molecular formula is C12H20O4S2. The summed E-state index contributed by atoms with van der Waals surface area (Å²) in [4.78, 5) is -0.0851. The van der Waals surface area contributed by atoms with Gasteiger partial charge in [-0.2, -0.15) is 0 Å². The molecule has 0 aromatic heterocycles. The van der Waals surface area contributed by atoms with Crippen molar-refractivity contribution in [2.45, 2.75) is 25.7 Å².